The summed E-state index contributed by atoms with van der Waals surface area (Å²) in [6.45, 7) is 6.91. The van der Waals surface area contributed by atoms with E-state index >= 15 is 0 Å². The molecule has 0 saturated carbocycles. The standard InChI is InChI=1S/C14H23N3O6/c1-5-21-10(18)8-9(4)16-17-12(15)11(13(19)22-6-2)14(20)23-7-3/h19H,5-8H2,1-4H3,(H2,15,17)/b13-11?,16-9+. The predicted molar refractivity (Wildman–Crippen MR) is 83.9 cm³/mol. The third-order valence-corrected chi connectivity index (χ3v) is 2.26. The summed E-state index contributed by atoms with van der Waals surface area (Å²) in [6, 6.07) is 0. The van der Waals surface area contributed by atoms with Gasteiger partial charge < -0.3 is 25.1 Å². The summed E-state index contributed by atoms with van der Waals surface area (Å²) in [7, 11) is 0. The highest BCUT2D eigenvalue weighted by Gasteiger charge is 2.22. The van der Waals surface area contributed by atoms with Gasteiger partial charge in [-0.25, -0.2) is 4.79 Å². The molecule has 0 bridgehead atoms. The first-order chi connectivity index (χ1) is 10.9. The van der Waals surface area contributed by atoms with Crippen LogP contribution in [0.2, 0.25) is 0 Å². The summed E-state index contributed by atoms with van der Waals surface area (Å²) in [5.41, 5.74) is 5.54. The number of aliphatic hydroxyl groups excluding tert-OH is 1. The summed E-state index contributed by atoms with van der Waals surface area (Å²) in [5.74, 6) is -2.44. The smallest absolute Gasteiger partial charge is 0.349 e. The van der Waals surface area contributed by atoms with E-state index in [1.165, 1.54) is 0 Å². The minimum atomic E-state index is -0.891. The quantitative estimate of drug-likeness (QED) is 0.161. The number of carbonyl (C=O) groups is 2. The first kappa shape index (κ1) is 20.4. The van der Waals surface area contributed by atoms with Crippen LogP contribution >= 0.6 is 0 Å². The lowest BCUT2D eigenvalue weighted by Crippen LogP contribution is -2.25. The Morgan fingerprint density at radius 3 is 2.09 bits per heavy atom. The first-order valence-electron chi connectivity index (χ1n) is 7.12. The highest BCUT2D eigenvalue weighted by Crippen LogP contribution is 2.07. The van der Waals surface area contributed by atoms with Crippen molar-refractivity contribution in [2.75, 3.05) is 19.8 Å². The van der Waals surface area contributed by atoms with Crippen molar-refractivity contribution in [3.8, 4) is 0 Å². The van der Waals surface area contributed by atoms with Gasteiger partial charge in [0.15, 0.2) is 11.4 Å². The number of esters is 2. The molecule has 0 aromatic rings. The molecule has 23 heavy (non-hydrogen) atoms. The average Bonchev–Trinajstić information content (AvgIpc) is 2.46. The number of hydrogen-bond donors (Lipinski definition) is 2. The van der Waals surface area contributed by atoms with Crippen molar-refractivity contribution < 1.29 is 28.9 Å². The molecule has 0 aromatic heterocycles. The van der Waals surface area contributed by atoms with E-state index in [0.717, 1.165) is 0 Å². The Balaban J connectivity index is 5.28. The van der Waals surface area contributed by atoms with E-state index in [4.69, 9.17) is 19.9 Å². The maximum Gasteiger partial charge on any atom is 0.349 e. The van der Waals surface area contributed by atoms with E-state index in [-0.39, 0.29) is 26.2 Å². The average molecular weight is 329 g/mol. The Morgan fingerprint density at radius 1 is 1.00 bits per heavy atom. The molecule has 3 N–H and O–H groups in total. The molecule has 0 aromatic carbocycles. The zero-order chi connectivity index (χ0) is 17.8. The zero-order valence-corrected chi connectivity index (χ0v) is 13.8. The third-order valence-electron chi connectivity index (χ3n) is 2.26. The van der Waals surface area contributed by atoms with Crippen molar-refractivity contribution in [2.24, 2.45) is 15.9 Å². The molecule has 0 heterocycles. The van der Waals surface area contributed by atoms with E-state index in [1.807, 2.05) is 0 Å². The van der Waals surface area contributed by atoms with Gasteiger partial charge in [-0.05, 0) is 27.7 Å². The maximum absolute atomic E-state index is 11.8. The van der Waals surface area contributed by atoms with Crippen LogP contribution in [0, 0.1) is 0 Å². The molecular formula is C14H23N3O6. The number of nitrogens with two attached hydrogens (primary N) is 1. The molecule has 0 saturated heterocycles. The minimum absolute atomic E-state index is 0.0689. The molecule has 0 rings (SSSR count). The third kappa shape index (κ3) is 7.84. The predicted octanol–water partition coefficient (Wildman–Crippen LogP) is 1.04. The van der Waals surface area contributed by atoms with Gasteiger partial charge in [-0.3, -0.25) is 4.79 Å². The second-order valence-corrected chi connectivity index (χ2v) is 4.14. The summed E-state index contributed by atoms with van der Waals surface area (Å²) in [6.07, 6.45) is -0.0689. The van der Waals surface area contributed by atoms with Crippen LogP contribution in [0.3, 0.4) is 0 Å². The van der Waals surface area contributed by atoms with Crippen LogP contribution in [0.15, 0.2) is 21.7 Å². The molecule has 9 heteroatoms. The first-order valence-corrected chi connectivity index (χ1v) is 7.12. The number of hydrogen-bond acceptors (Lipinski definition) is 8. The Bertz CT molecular complexity index is 511. The lowest BCUT2D eigenvalue weighted by atomic mass is 10.2. The topological polar surface area (TPSA) is 133 Å². The van der Waals surface area contributed by atoms with Gasteiger partial charge in [0.05, 0.1) is 26.2 Å². The lowest BCUT2D eigenvalue weighted by molar-refractivity contribution is -0.141. The van der Waals surface area contributed by atoms with Gasteiger partial charge in [0.1, 0.15) is 0 Å². The van der Waals surface area contributed by atoms with Crippen molar-refractivity contribution in [3.05, 3.63) is 11.5 Å². The van der Waals surface area contributed by atoms with Crippen molar-refractivity contribution in [1.82, 2.24) is 0 Å². The van der Waals surface area contributed by atoms with Gasteiger partial charge in [-0.2, -0.15) is 5.10 Å². The lowest BCUT2D eigenvalue weighted by Gasteiger charge is -2.08. The van der Waals surface area contributed by atoms with Crippen LogP contribution < -0.4 is 5.73 Å². The summed E-state index contributed by atoms with van der Waals surface area (Å²) in [5, 5.41) is 17.1. The number of amidine groups is 1. The minimum Gasteiger partial charge on any atom is -0.480 e. The van der Waals surface area contributed by atoms with E-state index in [2.05, 4.69) is 10.2 Å². The second kappa shape index (κ2) is 11.0. The molecular weight excluding hydrogens is 306 g/mol. The van der Waals surface area contributed by atoms with Crippen molar-refractivity contribution in [2.45, 2.75) is 34.1 Å². The largest absolute Gasteiger partial charge is 0.480 e. The molecule has 0 unspecified atom stereocenters. The van der Waals surface area contributed by atoms with Gasteiger partial charge in [0.25, 0.3) is 5.95 Å². The van der Waals surface area contributed by atoms with Crippen molar-refractivity contribution in [3.63, 3.8) is 0 Å². The van der Waals surface area contributed by atoms with Crippen LogP contribution in [0.1, 0.15) is 34.1 Å². The van der Waals surface area contributed by atoms with Gasteiger partial charge in [-0.15, -0.1) is 5.10 Å². The molecule has 0 aliphatic heterocycles. The molecule has 0 radical (unpaired) electrons. The second-order valence-electron chi connectivity index (χ2n) is 4.14. The number of ether oxygens (including phenoxy) is 3. The van der Waals surface area contributed by atoms with Crippen molar-refractivity contribution in [1.29, 1.82) is 0 Å². The number of carbonyl (C=O) groups excluding carboxylic acids is 2. The Hall–Kier alpha value is -2.58. The summed E-state index contributed by atoms with van der Waals surface area (Å²) < 4.78 is 14.4. The monoisotopic (exact) mass is 329 g/mol. The molecule has 0 aliphatic carbocycles. The Labute approximate surface area is 134 Å². The van der Waals surface area contributed by atoms with E-state index in [1.54, 1.807) is 27.7 Å². The van der Waals surface area contributed by atoms with Gasteiger partial charge in [0, 0.05) is 5.71 Å². The maximum atomic E-state index is 11.8. The number of rotatable bonds is 9. The molecule has 9 nitrogen and oxygen atoms in total. The van der Waals surface area contributed by atoms with Gasteiger partial charge in [0.2, 0.25) is 0 Å². The Morgan fingerprint density at radius 2 is 1.57 bits per heavy atom. The zero-order valence-electron chi connectivity index (χ0n) is 13.8. The van der Waals surface area contributed by atoms with Crippen LogP contribution in [0.4, 0.5) is 0 Å². The molecule has 0 atom stereocenters. The fraction of sp³-hybridized carbons (Fsp3) is 0.571. The van der Waals surface area contributed by atoms with Crippen molar-refractivity contribution >= 4 is 23.5 Å². The molecule has 0 amide bonds. The van der Waals surface area contributed by atoms with Crippen LogP contribution in [-0.2, 0) is 23.8 Å². The molecule has 0 aliphatic rings. The van der Waals surface area contributed by atoms with Crippen LogP contribution in [-0.4, -0.2) is 48.4 Å². The molecule has 0 spiro atoms. The fourth-order valence-corrected chi connectivity index (χ4v) is 1.36. The van der Waals surface area contributed by atoms with E-state index in [9.17, 15) is 14.7 Å². The van der Waals surface area contributed by atoms with Gasteiger partial charge >= 0.3 is 11.9 Å². The SMILES string of the molecule is CCOC(=O)C/C(C)=N/N=C(N)C(C(=O)OCC)=C(O)OCC. The normalized spacial score (nSPS) is 13.2. The van der Waals surface area contributed by atoms with E-state index < -0.39 is 29.3 Å². The van der Waals surface area contributed by atoms with Crippen LogP contribution in [0.25, 0.3) is 0 Å². The Kier molecular flexibility index (Phi) is 9.81. The van der Waals surface area contributed by atoms with Gasteiger partial charge in [-0.1, -0.05) is 0 Å². The fourth-order valence-electron chi connectivity index (χ4n) is 1.36. The highest BCUT2D eigenvalue weighted by atomic mass is 16.6. The highest BCUT2D eigenvalue weighted by molar-refractivity contribution is 6.18. The van der Waals surface area contributed by atoms with E-state index in [0.29, 0.717) is 5.71 Å². The number of nitrogens with zero attached hydrogens (tertiary/aromatic N) is 2. The molecule has 0 fully saturated rings. The summed E-state index contributed by atoms with van der Waals surface area (Å²) >= 11 is 0. The summed E-state index contributed by atoms with van der Waals surface area (Å²) in [4.78, 5) is 23.1. The number of aliphatic hydroxyl groups is 1. The van der Waals surface area contributed by atoms with Crippen LogP contribution in [0.5, 0.6) is 0 Å². The molecule has 130 valence electrons.